The molecule has 0 unspecified atom stereocenters. The maximum Gasteiger partial charge on any atom is 0.230 e. The van der Waals surface area contributed by atoms with Crippen molar-refractivity contribution in [1.29, 1.82) is 0 Å². The molecule has 5 heteroatoms. The minimum atomic E-state index is -0.157. The minimum absolute atomic E-state index is 0.0345. The number of rotatable bonds is 4. The zero-order valence-corrected chi connectivity index (χ0v) is 11.4. The fraction of sp³-hybridized carbons (Fsp3) is 0.188. The molecule has 21 heavy (non-hydrogen) atoms. The second kappa shape index (κ2) is 7.78. The van der Waals surface area contributed by atoms with Gasteiger partial charge in [-0.05, 0) is 23.8 Å². The van der Waals surface area contributed by atoms with Gasteiger partial charge in [0.25, 0.3) is 0 Å². The summed E-state index contributed by atoms with van der Waals surface area (Å²) in [7, 11) is 0. The number of anilines is 1. The Kier molecular flexibility index (Phi) is 5.44. The van der Waals surface area contributed by atoms with Crippen LogP contribution in [-0.2, 0) is 11.2 Å². The van der Waals surface area contributed by atoms with E-state index in [0.29, 0.717) is 12.2 Å². The van der Waals surface area contributed by atoms with Gasteiger partial charge in [0.15, 0.2) is 0 Å². The van der Waals surface area contributed by atoms with Crippen molar-refractivity contribution in [3.8, 4) is 11.8 Å². The number of pyridine rings is 2. The lowest BCUT2D eigenvalue weighted by Gasteiger charge is -2.04. The smallest absolute Gasteiger partial charge is 0.230 e. The fourth-order valence-corrected chi connectivity index (χ4v) is 1.67. The Bertz CT molecular complexity index is 660. The van der Waals surface area contributed by atoms with Crippen molar-refractivity contribution in [1.82, 2.24) is 9.97 Å². The number of carbonyl (C=O) groups excluding carboxylic acids is 1. The molecule has 0 aliphatic rings. The molecule has 0 fully saturated rings. The lowest BCUT2D eigenvalue weighted by atomic mass is 10.2. The third-order valence-electron chi connectivity index (χ3n) is 2.58. The summed E-state index contributed by atoms with van der Waals surface area (Å²) in [6, 6.07) is 7.09. The topological polar surface area (TPSA) is 75.1 Å². The standard InChI is InChI=1S/C16H15N3O2/c20-9-2-1-4-13-6-8-18-15(10-13)19-16(21)11-14-5-3-7-17-12-14/h3,5-8,10,12,20H,2,9,11H2,(H,18,19,21). The molecule has 0 aromatic carbocycles. The van der Waals surface area contributed by atoms with Crippen LogP contribution in [0.15, 0.2) is 42.9 Å². The molecule has 0 bridgehead atoms. The normalized spacial score (nSPS) is 9.57. The third-order valence-corrected chi connectivity index (χ3v) is 2.58. The van der Waals surface area contributed by atoms with Crippen LogP contribution in [0.2, 0.25) is 0 Å². The Morgan fingerprint density at radius 1 is 1.33 bits per heavy atom. The molecule has 2 N–H and O–H groups in total. The lowest BCUT2D eigenvalue weighted by molar-refractivity contribution is -0.115. The first-order valence-electron chi connectivity index (χ1n) is 6.52. The summed E-state index contributed by atoms with van der Waals surface area (Å²) in [5, 5.41) is 11.4. The first kappa shape index (κ1) is 14.7. The first-order valence-corrected chi connectivity index (χ1v) is 6.52. The van der Waals surface area contributed by atoms with Gasteiger partial charge in [-0.25, -0.2) is 4.98 Å². The number of aromatic nitrogens is 2. The molecule has 0 saturated carbocycles. The van der Waals surface area contributed by atoms with Crippen molar-refractivity contribution in [2.75, 3.05) is 11.9 Å². The van der Waals surface area contributed by atoms with Crippen molar-refractivity contribution in [2.45, 2.75) is 12.8 Å². The van der Waals surface area contributed by atoms with Crippen LogP contribution in [0.4, 0.5) is 5.82 Å². The predicted molar refractivity (Wildman–Crippen MR) is 79.4 cm³/mol. The zero-order valence-electron chi connectivity index (χ0n) is 11.4. The van der Waals surface area contributed by atoms with Crippen molar-refractivity contribution < 1.29 is 9.90 Å². The Morgan fingerprint density at radius 3 is 3.00 bits per heavy atom. The SMILES string of the molecule is O=C(Cc1cccnc1)Nc1cc(C#CCCO)ccn1. The summed E-state index contributed by atoms with van der Waals surface area (Å²) in [5.74, 6) is 6.02. The van der Waals surface area contributed by atoms with Crippen molar-refractivity contribution >= 4 is 11.7 Å². The molecule has 2 rings (SSSR count). The largest absolute Gasteiger partial charge is 0.395 e. The molecule has 1 amide bonds. The molecule has 2 heterocycles. The van der Waals surface area contributed by atoms with E-state index in [1.807, 2.05) is 6.07 Å². The van der Waals surface area contributed by atoms with Gasteiger partial charge in [0, 0.05) is 30.6 Å². The van der Waals surface area contributed by atoms with E-state index in [-0.39, 0.29) is 18.9 Å². The zero-order chi connectivity index (χ0) is 14.9. The number of nitrogens with one attached hydrogen (secondary N) is 1. The van der Waals surface area contributed by atoms with E-state index in [2.05, 4.69) is 27.1 Å². The molecule has 5 nitrogen and oxygen atoms in total. The van der Waals surface area contributed by atoms with Crippen LogP contribution in [0.5, 0.6) is 0 Å². The first-order chi connectivity index (χ1) is 10.3. The second-order valence-corrected chi connectivity index (χ2v) is 4.29. The highest BCUT2D eigenvalue weighted by atomic mass is 16.2. The van der Waals surface area contributed by atoms with Crippen LogP contribution in [0, 0.1) is 11.8 Å². The van der Waals surface area contributed by atoms with Crippen LogP contribution in [-0.4, -0.2) is 27.6 Å². The number of aliphatic hydroxyl groups excluding tert-OH is 1. The highest BCUT2D eigenvalue weighted by Crippen LogP contribution is 2.07. The summed E-state index contributed by atoms with van der Waals surface area (Å²) >= 11 is 0. The highest BCUT2D eigenvalue weighted by molar-refractivity contribution is 5.91. The fourth-order valence-electron chi connectivity index (χ4n) is 1.67. The van der Waals surface area contributed by atoms with E-state index >= 15 is 0 Å². The molecule has 0 radical (unpaired) electrons. The highest BCUT2D eigenvalue weighted by Gasteiger charge is 2.05. The molecule has 2 aromatic heterocycles. The van der Waals surface area contributed by atoms with Crippen molar-refractivity contribution in [3.63, 3.8) is 0 Å². The number of amides is 1. The van der Waals surface area contributed by atoms with Gasteiger partial charge in [-0.2, -0.15) is 0 Å². The molecule has 0 aliphatic carbocycles. The van der Waals surface area contributed by atoms with E-state index in [4.69, 9.17) is 5.11 Å². The molecular formula is C16H15N3O2. The van der Waals surface area contributed by atoms with Crippen LogP contribution < -0.4 is 5.32 Å². The Labute approximate surface area is 123 Å². The predicted octanol–water partition coefficient (Wildman–Crippen LogP) is 1.39. The monoisotopic (exact) mass is 281 g/mol. The van der Waals surface area contributed by atoms with Gasteiger partial charge in [-0.15, -0.1) is 0 Å². The van der Waals surface area contributed by atoms with E-state index < -0.39 is 0 Å². The maximum atomic E-state index is 11.9. The van der Waals surface area contributed by atoms with Gasteiger partial charge < -0.3 is 10.4 Å². The van der Waals surface area contributed by atoms with Crippen LogP contribution in [0.1, 0.15) is 17.5 Å². The van der Waals surface area contributed by atoms with E-state index in [1.165, 1.54) is 0 Å². The van der Waals surface area contributed by atoms with Crippen LogP contribution in [0.3, 0.4) is 0 Å². The quantitative estimate of drug-likeness (QED) is 0.830. The Hall–Kier alpha value is -2.71. The minimum Gasteiger partial charge on any atom is -0.395 e. The molecule has 106 valence electrons. The maximum absolute atomic E-state index is 11.9. The van der Waals surface area contributed by atoms with Crippen LogP contribution in [0.25, 0.3) is 0 Å². The van der Waals surface area contributed by atoms with Gasteiger partial charge in [0.05, 0.1) is 13.0 Å². The summed E-state index contributed by atoms with van der Waals surface area (Å²) < 4.78 is 0. The van der Waals surface area contributed by atoms with E-state index in [0.717, 1.165) is 11.1 Å². The number of aliphatic hydroxyl groups is 1. The van der Waals surface area contributed by atoms with Crippen molar-refractivity contribution in [3.05, 3.63) is 54.0 Å². The molecule has 0 spiro atoms. The van der Waals surface area contributed by atoms with Gasteiger partial charge in [0.1, 0.15) is 5.82 Å². The van der Waals surface area contributed by atoms with Crippen LogP contribution >= 0.6 is 0 Å². The second-order valence-electron chi connectivity index (χ2n) is 4.29. The number of nitrogens with zero attached hydrogens (tertiary/aromatic N) is 2. The summed E-state index contributed by atoms with van der Waals surface area (Å²) in [6.45, 7) is 0.0345. The molecule has 0 atom stereocenters. The average molecular weight is 281 g/mol. The number of carbonyl (C=O) groups is 1. The third kappa shape index (κ3) is 5.05. The van der Waals surface area contributed by atoms with Gasteiger partial charge in [-0.3, -0.25) is 9.78 Å². The Balaban J connectivity index is 1.98. The van der Waals surface area contributed by atoms with E-state index in [1.54, 1.807) is 36.8 Å². The summed E-state index contributed by atoms with van der Waals surface area (Å²) in [4.78, 5) is 20.0. The summed E-state index contributed by atoms with van der Waals surface area (Å²) in [5.41, 5.74) is 1.59. The number of hydrogen-bond donors (Lipinski definition) is 2. The van der Waals surface area contributed by atoms with Crippen molar-refractivity contribution in [2.24, 2.45) is 0 Å². The summed E-state index contributed by atoms with van der Waals surface area (Å²) in [6.07, 6.45) is 5.57. The molecule has 0 aliphatic heterocycles. The molecule has 2 aromatic rings. The van der Waals surface area contributed by atoms with Gasteiger partial charge >= 0.3 is 0 Å². The Morgan fingerprint density at radius 2 is 2.24 bits per heavy atom. The number of hydrogen-bond acceptors (Lipinski definition) is 4. The molecular weight excluding hydrogens is 266 g/mol. The van der Waals surface area contributed by atoms with E-state index in [9.17, 15) is 4.79 Å². The van der Waals surface area contributed by atoms with Gasteiger partial charge in [0.2, 0.25) is 5.91 Å². The lowest BCUT2D eigenvalue weighted by Crippen LogP contribution is -2.15. The van der Waals surface area contributed by atoms with Gasteiger partial charge in [-0.1, -0.05) is 17.9 Å². The average Bonchev–Trinajstić information content (AvgIpc) is 2.49. The molecule has 0 saturated heterocycles.